The first-order valence-electron chi connectivity index (χ1n) is 14.3. The minimum Gasteiger partial charge on any atom is -0.316 e. The van der Waals surface area contributed by atoms with Crippen molar-refractivity contribution in [1.82, 2.24) is 10.6 Å². The van der Waals surface area contributed by atoms with E-state index >= 15 is 0 Å². The summed E-state index contributed by atoms with van der Waals surface area (Å²) < 4.78 is 0. The van der Waals surface area contributed by atoms with E-state index in [1.54, 1.807) is 11.1 Å². The molecule has 188 valence electrons. The van der Waals surface area contributed by atoms with E-state index in [1.165, 1.54) is 82.9 Å². The quantitative estimate of drug-likeness (QED) is 0.498. The normalized spacial score (nSPS) is 41.2. The molecule has 4 atom stereocenters. The van der Waals surface area contributed by atoms with E-state index in [4.69, 9.17) is 0 Å². The van der Waals surface area contributed by atoms with E-state index < -0.39 is 0 Å². The second kappa shape index (κ2) is 8.79. The Morgan fingerprint density at radius 1 is 0.882 bits per heavy atom. The summed E-state index contributed by atoms with van der Waals surface area (Å²) in [6.45, 7) is 11.9. The highest BCUT2D eigenvalue weighted by atomic mass is 31.0. The third-order valence-corrected chi connectivity index (χ3v) is 13.2. The van der Waals surface area contributed by atoms with Crippen molar-refractivity contribution in [3.05, 3.63) is 34.9 Å². The maximum atomic E-state index is 3.75. The van der Waals surface area contributed by atoms with Crippen LogP contribution in [-0.2, 0) is 16.0 Å². The summed E-state index contributed by atoms with van der Waals surface area (Å²) in [6, 6.07) is 7.90. The van der Waals surface area contributed by atoms with Gasteiger partial charge >= 0.3 is 0 Å². The van der Waals surface area contributed by atoms with Gasteiger partial charge in [0.25, 0.3) is 0 Å². The van der Waals surface area contributed by atoms with Crippen molar-refractivity contribution in [2.75, 3.05) is 32.3 Å². The zero-order valence-corrected chi connectivity index (χ0v) is 24.1. The summed E-state index contributed by atoms with van der Waals surface area (Å²) in [5.74, 6) is 5.22. The van der Waals surface area contributed by atoms with E-state index in [1.807, 2.05) is 0 Å². The molecule has 4 bridgehead atoms. The van der Waals surface area contributed by atoms with Gasteiger partial charge < -0.3 is 10.6 Å². The average molecular weight is 499 g/mol. The standard InChI is InChI=1S/C30H48N2P2/c1-28(2,3)21-4-5-26(29(18-33)24-11-19-10-20(13-24)14-25(29)12-19)27(15-21)30(34,22-6-8-31-16-22)23-7-9-32-17-23/h4-5,15,19-20,22-25,31-32H,6-14,16-18,33-34H2,1-3H3. The molecule has 2 nitrogen and oxygen atoms in total. The van der Waals surface area contributed by atoms with Gasteiger partial charge in [-0.25, -0.2) is 0 Å². The van der Waals surface area contributed by atoms with Gasteiger partial charge in [0.1, 0.15) is 0 Å². The van der Waals surface area contributed by atoms with Gasteiger partial charge in [0.15, 0.2) is 0 Å². The fourth-order valence-electron chi connectivity index (χ4n) is 9.58. The Balaban J connectivity index is 1.56. The van der Waals surface area contributed by atoms with E-state index in [2.05, 4.69) is 68.1 Å². The lowest BCUT2D eigenvalue weighted by atomic mass is 9.43. The van der Waals surface area contributed by atoms with Crippen molar-refractivity contribution < 1.29 is 0 Å². The van der Waals surface area contributed by atoms with E-state index in [0.717, 1.165) is 23.7 Å². The summed E-state index contributed by atoms with van der Waals surface area (Å²) in [4.78, 5) is 0. The Hall–Kier alpha value is -0.0000000000000000555. The van der Waals surface area contributed by atoms with Crippen LogP contribution in [0.15, 0.2) is 18.2 Å². The van der Waals surface area contributed by atoms with Crippen LogP contribution in [0.1, 0.15) is 82.4 Å². The number of nitrogens with one attached hydrogen (secondary N) is 2. The van der Waals surface area contributed by atoms with Crippen molar-refractivity contribution in [2.24, 2.45) is 35.5 Å². The maximum Gasteiger partial charge on any atom is 0.0182 e. The number of rotatable bonds is 5. The molecule has 2 aliphatic heterocycles. The Labute approximate surface area is 213 Å². The maximum absolute atomic E-state index is 3.75. The Morgan fingerprint density at radius 3 is 1.88 bits per heavy atom. The van der Waals surface area contributed by atoms with Crippen LogP contribution in [0, 0.1) is 35.5 Å². The summed E-state index contributed by atoms with van der Waals surface area (Å²) in [6.07, 6.45) is 11.3. The Morgan fingerprint density at radius 2 is 1.44 bits per heavy atom. The van der Waals surface area contributed by atoms with Gasteiger partial charge in [-0.2, -0.15) is 0 Å². The van der Waals surface area contributed by atoms with Crippen molar-refractivity contribution in [2.45, 2.75) is 81.7 Å². The molecule has 6 fully saturated rings. The molecule has 0 radical (unpaired) electrons. The molecule has 7 rings (SSSR count). The van der Waals surface area contributed by atoms with Gasteiger partial charge in [0, 0.05) is 10.6 Å². The first-order chi connectivity index (χ1) is 16.3. The fraction of sp³-hybridized carbons (Fsp3) is 0.800. The number of hydrogen-bond acceptors (Lipinski definition) is 2. The van der Waals surface area contributed by atoms with Crippen molar-refractivity contribution in [1.29, 1.82) is 0 Å². The molecule has 1 aromatic rings. The first kappa shape index (κ1) is 24.3. The third-order valence-electron chi connectivity index (χ3n) is 11.3. The SMILES string of the molecule is CC(C)(C)c1ccc(C2(CP)C3CC4CC(C3)CC2C4)c(C(P)(C2CCNC2)C2CCNC2)c1. The van der Waals surface area contributed by atoms with Crippen LogP contribution in [0.4, 0.5) is 0 Å². The minimum absolute atomic E-state index is 0.158. The van der Waals surface area contributed by atoms with Gasteiger partial charge in [-0.1, -0.05) is 39.0 Å². The predicted octanol–water partition coefficient (Wildman–Crippen LogP) is 5.84. The highest BCUT2D eigenvalue weighted by molar-refractivity contribution is 7.18. The van der Waals surface area contributed by atoms with E-state index in [-0.39, 0.29) is 10.6 Å². The molecule has 4 heteroatoms. The summed E-state index contributed by atoms with van der Waals surface area (Å²) >= 11 is 0. The van der Waals surface area contributed by atoms with Crippen LogP contribution in [0.5, 0.6) is 0 Å². The fourth-order valence-corrected chi connectivity index (χ4v) is 11.3. The smallest absolute Gasteiger partial charge is 0.0182 e. The van der Waals surface area contributed by atoms with Gasteiger partial charge in [-0.3, -0.25) is 0 Å². The van der Waals surface area contributed by atoms with Crippen LogP contribution < -0.4 is 10.6 Å². The van der Waals surface area contributed by atoms with Crippen LogP contribution in [0.25, 0.3) is 0 Å². The van der Waals surface area contributed by atoms with Crippen molar-refractivity contribution in [3.63, 3.8) is 0 Å². The summed E-state index contributed by atoms with van der Waals surface area (Å²) in [5.41, 5.74) is 5.56. The van der Waals surface area contributed by atoms with E-state index in [9.17, 15) is 0 Å². The molecule has 4 saturated carbocycles. The molecule has 2 heterocycles. The zero-order chi connectivity index (χ0) is 23.7. The third kappa shape index (κ3) is 3.63. The molecule has 0 spiro atoms. The van der Waals surface area contributed by atoms with Gasteiger partial charge in [-0.15, -0.1) is 18.5 Å². The lowest BCUT2D eigenvalue weighted by molar-refractivity contribution is -0.0508. The predicted molar refractivity (Wildman–Crippen MR) is 152 cm³/mol. The molecule has 6 aliphatic rings. The molecule has 0 amide bonds. The summed E-state index contributed by atoms with van der Waals surface area (Å²) in [7, 11) is 6.83. The van der Waals surface area contributed by atoms with Gasteiger partial charge in [-0.05, 0) is 135 Å². The first-order valence-corrected chi connectivity index (χ1v) is 15.7. The molecule has 1 aromatic carbocycles. The lowest BCUT2D eigenvalue weighted by Gasteiger charge is -2.62. The molecule has 2 N–H and O–H groups in total. The largest absolute Gasteiger partial charge is 0.316 e. The van der Waals surface area contributed by atoms with Crippen molar-refractivity contribution >= 4 is 18.5 Å². The molecule has 2 saturated heterocycles. The topological polar surface area (TPSA) is 24.1 Å². The molecule has 0 aromatic heterocycles. The molecule has 34 heavy (non-hydrogen) atoms. The van der Waals surface area contributed by atoms with Gasteiger partial charge in [0.05, 0.1) is 0 Å². The second-order valence-corrected chi connectivity index (χ2v) is 15.2. The Kier molecular flexibility index (Phi) is 6.29. The number of hydrogen-bond donors (Lipinski definition) is 2. The van der Waals surface area contributed by atoms with E-state index in [0.29, 0.717) is 17.3 Å². The van der Waals surface area contributed by atoms with Crippen molar-refractivity contribution in [3.8, 4) is 0 Å². The zero-order valence-electron chi connectivity index (χ0n) is 21.8. The van der Waals surface area contributed by atoms with Crippen LogP contribution in [0.3, 0.4) is 0 Å². The monoisotopic (exact) mass is 498 g/mol. The van der Waals surface area contributed by atoms with Crippen LogP contribution in [-0.4, -0.2) is 32.3 Å². The lowest BCUT2D eigenvalue weighted by Crippen LogP contribution is -2.57. The molecule has 4 unspecified atom stereocenters. The molecular formula is C30H48N2P2. The summed E-state index contributed by atoms with van der Waals surface area (Å²) in [5, 5.41) is 7.66. The highest BCUT2D eigenvalue weighted by Crippen LogP contribution is 2.65. The minimum atomic E-state index is 0.158. The molecular weight excluding hydrogens is 450 g/mol. The second-order valence-electron chi connectivity index (χ2n) is 13.9. The Bertz CT molecular complexity index is 863. The average Bonchev–Trinajstić information content (AvgIpc) is 3.53. The highest BCUT2D eigenvalue weighted by Gasteiger charge is 2.59. The van der Waals surface area contributed by atoms with Gasteiger partial charge in [0.2, 0.25) is 0 Å². The van der Waals surface area contributed by atoms with Crippen LogP contribution in [0.2, 0.25) is 0 Å². The number of benzene rings is 1. The molecule has 4 aliphatic carbocycles. The van der Waals surface area contributed by atoms with Crippen LogP contribution >= 0.6 is 18.5 Å².